The summed E-state index contributed by atoms with van der Waals surface area (Å²) in [5, 5.41) is 9.14. The highest BCUT2D eigenvalue weighted by Crippen LogP contribution is 2.33. The van der Waals surface area contributed by atoms with Crippen LogP contribution in [0.5, 0.6) is 5.88 Å². The molecule has 0 radical (unpaired) electrons. The highest BCUT2D eigenvalue weighted by molar-refractivity contribution is 5.85. The molecule has 9 heteroatoms. The lowest BCUT2D eigenvalue weighted by atomic mass is 10.1. The molecule has 1 N–H and O–H groups in total. The zero-order chi connectivity index (χ0) is 21.2. The number of carboxylic acid groups (broad SMARTS) is 1. The minimum Gasteiger partial charge on any atom is -0.478 e. The van der Waals surface area contributed by atoms with Crippen LogP contribution in [0, 0.1) is 5.82 Å². The Labute approximate surface area is 162 Å². The smallest absolute Gasteiger partial charge is 0.434 e. The SMILES string of the molecule is CCc1cc2cc(F)cc(COc3ccc(/C=C/C(=O)O)c(C(F)(F)F)n3)c2o1. The standard InChI is InChI=1S/C20H15F4NO4/c1-2-15-9-12-7-14(21)8-13(18(12)29-15)10-28-16-5-3-11(4-6-17(26)27)19(25-16)20(22,23)24/h3-9H,2,10H2,1H3,(H,26,27)/b6-4+. The van der Waals surface area contributed by atoms with Crippen LogP contribution in [0.3, 0.4) is 0 Å². The van der Waals surface area contributed by atoms with Gasteiger partial charge < -0.3 is 14.3 Å². The number of aliphatic carboxylic acids is 1. The highest BCUT2D eigenvalue weighted by atomic mass is 19.4. The van der Waals surface area contributed by atoms with E-state index in [9.17, 15) is 22.4 Å². The molecule has 3 aromatic rings. The number of furan rings is 1. The third-order valence-corrected chi connectivity index (χ3v) is 4.01. The first-order valence-electron chi connectivity index (χ1n) is 8.50. The molecule has 0 unspecified atom stereocenters. The molecule has 0 saturated carbocycles. The lowest BCUT2D eigenvalue weighted by Gasteiger charge is -2.12. The molecule has 0 aliphatic heterocycles. The van der Waals surface area contributed by atoms with Crippen molar-refractivity contribution in [3.05, 3.63) is 64.8 Å². The number of benzene rings is 1. The van der Waals surface area contributed by atoms with Crippen LogP contribution in [0.1, 0.15) is 29.5 Å². The van der Waals surface area contributed by atoms with Crippen molar-refractivity contribution < 1.29 is 36.6 Å². The van der Waals surface area contributed by atoms with Gasteiger partial charge in [-0.05, 0) is 30.3 Å². The lowest BCUT2D eigenvalue weighted by Crippen LogP contribution is -2.11. The van der Waals surface area contributed by atoms with Crippen molar-refractivity contribution >= 4 is 23.0 Å². The van der Waals surface area contributed by atoms with Gasteiger partial charge in [-0.3, -0.25) is 0 Å². The number of hydrogen-bond donors (Lipinski definition) is 1. The van der Waals surface area contributed by atoms with Gasteiger partial charge in [-0.1, -0.05) is 6.92 Å². The number of fused-ring (bicyclic) bond motifs is 1. The summed E-state index contributed by atoms with van der Waals surface area (Å²) >= 11 is 0. The Balaban J connectivity index is 1.90. The predicted molar refractivity (Wildman–Crippen MR) is 95.8 cm³/mol. The van der Waals surface area contributed by atoms with Crippen LogP contribution in [0.4, 0.5) is 17.6 Å². The van der Waals surface area contributed by atoms with Crippen molar-refractivity contribution in [2.75, 3.05) is 0 Å². The molecule has 5 nitrogen and oxygen atoms in total. The molecular formula is C20H15F4NO4. The van der Waals surface area contributed by atoms with Gasteiger partial charge in [0.25, 0.3) is 0 Å². The first-order chi connectivity index (χ1) is 13.7. The second-order valence-corrected chi connectivity index (χ2v) is 6.09. The molecule has 0 saturated heterocycles. The Hall–Kier alpha value is -3.36. The van der Waals surface area contributed by atoms with E-state index in [4.69, 9.17) is 14.3 Å². The highest BCUT2D eigenvalue weighted by Gasteiger charge is 2.35. The average Bonchev–Trinajstić information content (AvgIpc) is 3.07. The fraction of sp³-hybridized carbons (Fsp3) is 0.200. The van der Waals surface area contributed by atoms with Gasteiger partial charge in [0, 0.05) is 35.1 Å². The summed E-state index contributed by atoms with van der Waals surface area (Å²) in [7, 11) is 0. The lowest BCUT2D eigenvalue weighted by molar-refractivity contribution is -0.141. The first-order valence-corrected chi connectivity index (χ1v) is 8.50. The topological polar surface area (TPSA) is 72.6 Å². The number of hydrogen-bond acceptors (Lipinski definition) is 4. The van der Waals surface area contributed by atoms with E-state index in [1.54, 1.807) is 6.07 Å². The molecule has 0 aliphatic carbocycles. The van der Waals surface area contributed by atoms with Crippen molar-refractivity contribution in [1.82, 2.24) is 4.98 Å². The molecule has 2 aromatic heterocycles. The number of nitrogens with zero attached hydrogens (tertiary/aromatic N) is 1. The van der Waals surface area contributed by atoms with Gasteiger partial charge in [0.15, 0.2) is 5.69 Å². The molecule has 2 heterocycles. The van der Waals surface area contributed by atoms with E-state index < -0.39 is 29.2 Å². The fourth-order valence-corrected chi connectivity index (χ4v) is 2.73. The number of pyridine rings is 1. The summed E-state index contributed by atoms with van der Waals surface area (Å²) < 4.78 is 64.6. The van der Waals surface area contributed by atoms with Gasteiger partial charge in [0.2, 0.25) is 5.88 Å². The van der Waals surface area contributed by atoms with Crippen molar-refractivity contribution in [2.24, 2.45) is 0 Å². The van der Waals surface area contributed by atoms with Gasteiger partial charge in [0.05, 0.1) is 0 Å². The summed E-state index contributed by atoms with van der Waals surface area (Å²) in [5.41, 5.74) is -0.993. The zero-order valence-electron chi connectivity index (χ0n) is 15.1. The number of halogens is 4. The Morgan fingerprint density at radius 2 is 2.03 bits per heavy atom. The maximum atomic E-state index is 13.8. The van der Waals surface area contributed by atoms with E-state index in [1.165, 1.54) is 18.2 Å². The molecule has 1 aromatic carbocycles. The summed E-state index contributed by atoms with van der Waals surface area (Å²) in [4.78, 5) is 14.0. The molecule has 3 rings (SSSR count). The molecule has 0 amide bonds. The van der Waals surface area contributed by atoms with E-state index in [1.807, 2.05) is 6.92 Å². The maximum absolute atomic E-state index is 13.8. The number of carboxylic acids is 1. The molecule has 0 spiro atoms. The Kier molecular flexibility index (Phi) is 5.58. The van der Waals surface area contributed by atoms with Crippen LogP contribution < -0.4 is 4.74 Å². The Morgan fingerprint density at radius 1 is 1.28 bits per heavy atom. The number of aromatic nitrogens is 1. The van der Waals surface area contributed by atoms with Gasteiger partial charge >= 0.3 is 12.1 Å². The second kappa shape index (κ2) is 7.94. The van der Waals surface area contributed by atoms with Gasteiger partial charge in [0.1, 0.15) is 23.8 Å². The number of ether oxygens (including phenoxy) is 1. The van der Waals surface area contributed by atoms with Gasteiger partial charge in [-0.25, -0.2) is 14.2 Å². The normalized spacial score (nSPS) is 12.0. The summed E-state index contributed by atoms with van der Waals surface area (Å²) in [6.45, 7) is 1.60. The number of rotatable bonds is 6. The van der Waals surface area contributed by atoms with Crippen LogP contribution in [0.25, 0.3) is 17.0 Å². The third kappa shape index (κ3) is 4.74. The predicted octanol–water partition coefficient (Wildman–Crippen LogP) is 5.22. The monoisotopic (exact) mass is 409 g/mol. The molecule has 152 valence electrons. The van der Waals surface area contributed by atoms with E-state index in [0.717, 1.165) is 12.1 Å². The molecule has 29 heavy (non-hydrogen) atoms. The van der Waals surface area contributed by atoms with Crippen LogP contribution in [0.15, 0.2) is 40.8 Å². The first kappa shape index (κ1) is 20.4. The Bertz CT molecular complexity index is 1090. The molecule has 0 aliphatic rings. The van der Waals surface area contributed by atoms with Crippen molar-refractivity contribution in [1.29, 1.82) is 0 Å². The van der Waals surface area contributed by atoms with Crippen molar-refractivity contribution in [3.8, 4) is 5.88 Å². The average molecular weight is 409 g/mol. The number of alkyl halides is 3. The van der Waals surface area contributed by atoms with Crippen LogP contribution in [0.2, 0.25) is 0 Å². The minimum absolute atomic E-state index is 0.264. The summed E-state index contributed by atoms with van der Waals surface area (Å²) in [6, 6.07) is 6.39. The van der Waals surface area contributed by atoms with Crippen molar-refractivity contribution in [2.45, 2.75) is 26.1 Å². The van der Waals surface area contributed by atoms with E-state index in [-0.39, 0.29) is 12.5 Å². The van der Waals surface area contributed by atoms with E-state index in [0.29, 0.717) is 34.8 Å². The van der Waals surface area contributed by atoms with Gasteiger partial charge in [-0.15, -0.1) is 0 Å². The fourth-order valence-electron chi connectivity index (χ4n) is 2.73. The zero-order valence-corrected chi connectivity index (χ0v) is 15.1. The van der Waals surface area contributed by atoms with E-state index in [2.05, 4.69) is 4.98 Å². The third-order valence-electron chi connectivity index (χ3n) is 4.01. The number of carbonyl (C=O) groups is 1. The van der Waals surface area contributed by atoms with Crippen molar-refractivity contribution in [3.63, 3.8) is 0 Å². The van der Waals surface area contributed by atoms with Crippen LogP contribution in [-0.2, 0) is 24.0 Å². The summed E-state index contributed by atoms with van der Waals surface area (Å²) in [5.74, 6) is -1.63. The largest absolute Gasteiger partial charge is 0.478 e. The Morgan fingerprint density at radius 3 is 2.69 bits per heavy atom. The van der Waals surface area contributed by atoms with E-state index >= 15 is 0 Å². The summed E-state index contributed by atoms with van der Waals surface area (Å²) in [6.07, 6.45) is -2.84. The van der Waals surface area contributed by atoms with Crippen LogP contribution in [-0.4, -0.2) is 16.1 Å². The molecule has 0 fully saturated rings. The molecule has 0 bridgehead atoms. The second-order valence-electron chi connectivity index (χ2n) is 6.09. The number of aryl methyl sites for hydroxylation is 1. The molecular weight excluding hydrogens is 394 g/mol. The molecule has 0 atom stereocenters. The quantitative estimate of drug-likeness (QED) is 0.446. The van der Waals surface area contributed by atoms with Gasteiger partial charge in [-0.2, -0.15) is 13.2 Å². The minimum atomic E-state index is -4.82. The van der Waals surface area contributed by atoms with Crippen LogP contribution >= 0.6 is 0 Å². The maximum Gasteiger partial charge on any atom is 0.434 e.